The second-order valence-electron chi connectivity index (χ2n) is 3.09. The first-order valence-corrected chi connectivity index (χ1v) is 4.93. The van der Waals surface area contributed by atoms with Crippen LogP contribution in [-0.2, 0) is 0 Å². The van der Waals surface area contributed by atoms with Crippen LogP contribution in [0.2, 0.25) is 0 Å². The van der Waals surface area contributed by atoms with E-state index in [0.29, 0.717) is 0 Å². The zero-order valence-corrected chi connectivity index (χ0v) is 8.51. The van der Waals surface area contributed by atoms with Crippen molar-refractivity contribution in [2.75, 3.05) is 13.1 Å². The normalized spacial score (nSPS) is 12.9. The summed E-state index contributed by atoms with van der Waals surface area (Å²) in [7, 11) is 0. The van der Waals surface area contributed by atoms with Crippen LogP contribution < -0.4 is 0 Å². The molecule has 0 bridgehead atoms. The van der Waals surface area contributed by atoms with Crippen LogP contribution in [-0.4, -0.2) is 24.0 Å². The maximum atomic E-state index is 8.86. The first-order chi connectivity index (χ1) is 5.79. The lowest BCUT2D eigenvalue weighted by atomic mass is 10.2. The monoisotopic (exact) mass is 168 g/mol. The third-order valence-electron chi connectivity index (χ3n) is 2.00. The molecule has 0 aromatic carbocycles. The number of nitrogens with zero attached hydrogens (tertiary/aromatic N) is 2. The molecule has 0 spiro atoms. The SMILES string of the molecule is CCCN(CCC)C(C#N)CC. The van der Waals surface area contributed by atoms with Crippen LogP contribution >= 0.6 is 0 Å². The van der Waals surface area contributed by atoms with Gasteiger partial charge in [0.1, 0.15) is 0 Å². The lowest BCUT2D eigenvalue weighted by molar-refractivity contribution is 0.230. The van der Waals surface area contributed by atoms with Crippen molar-refractivity contribution in [3.05, 3.63) is 0 Å². The maximum Gasteiger partial charge on any atom is 0.0975 e. The lowest BCUT2D eigenvalue weighted by Gasteiger charge is -2.24. The molecule has 0 aliphatic heterocycles. The van der Waals surface area contributed by atoms with E-state index in [-0.39, 0.29) is 6.04 Å². The van der Waals surface area contributed by atoms with Crippen molar-refractivity contribution in [3.63, 3.8) is 0 Å². The molecular formula is C10H20N2. The third kappa shape index (κ3) is 3.73. The molecule has 2 nitrogen and oxygen atoms in total. The fraction of sp³-hybridized carbons (Fsp3) is 0.900. The van der Waals surface area contributed by atoms with Crippen molar-refractivity contribution < 1.29 is 0 Å². The minimum Gasteiger partial charge on any atom is -0.288 e. The van der Waals surface area contributed by atoms with Gasteiger partial charge in [0, 0.05) is 0 Å². The second kappa shape index (κ2) is 7.12. The Labute approximate surface area is 76.2 Å². The standard InChI is InChI=1S/C10H20N2/c1-4-7-12(8-5-2)10(6-3)9-11/h10H,4-8H2,1-3H3. The summed E-state index contributed by atoms with van der Waals surface area (Å²) in [5.41, 5.74) is 0. The molecule has 0 amide bonds. The highest BCUT2D eigenvalue weighted by Gasteiger charge is 2.13. The summed E-state index contributed by atoms with van der Waals surface area (Å²) in [6, 6.07) is 2.48. The molecule has 2 heteroatoms. The van der Waals surface area contributed by atoms with E-state index in [2.05, 4.69) is 31.7 Å². The Morgan fingerprint density at radius 2 is 1.67 bits per heavy atom. The predicted octanol–water partition coefficient (Wildman–Crippen LogP) is 2.41. The van der Waals surface area contributed by atoms with Gasteiger partial charge in [0.2, 0.25) is 0 Å². The van der Waals surface area contributed by atoms with E-state index in [1.165, 1.54) is 0 Å². The Morgan fingerprint density at radius 3 is 1.92 bits per heavy atom. The molecule has 1 atom stereocenters. The molecule has 0 heterocycles. The molecule has 0 aliphatic carbocycles. The zero-order valence-electron chi connectivity index (χ0n) is 8.51. The Morgan fingerprint density at radius 1 is 1.17 bits per heavy atom. The van der Waals surface area contributed by atoms with Crippen molar-refractivity contribution >= 4 is 0 Å². The molecule has 12 heavy (non-hydrogen) atoms. The van der Waals surface area contributed by atoms with Gasteiger partial charge < -0.3 is 0 Å². The van der Waals surface area contributed by atoms with Gasteiger partial charge >= 0.3 is 0 Å². The molecule has 0 saturated heterocycles. The van der Waals surface area contributed by atoms with Crippen molar-refractivity contribution in [2.45, 2.75) is 46.1 Å². The lowest BCUT2D eigenvalue weighted by Crippen LogP contribution is -2.35. The smallest absolute Gasteiger partial charge is 0.0975 e. The number of hydrogen-bond acceptors (Lipinski definition) is 2. The quantitative estimate of drug-likeness (QED) is 0.609. The first-order valence-electron chi connectivity index (χ1n) is 4.93. The van der Waals surface area contributed by atoms with Gasteiger partial charge in [0.15, 0.2) is 0 Å². The van der Waals surface area contributed by atoms with E-state index in [0.717, 1.165) is 32.4 Å². The molecule has 1 unspecified atom stereocenters. The molecule has 0 radical (unpaired) electrons. The molecule has 0 fully saturated rings. The van der Waals surface area contributed by atoms with Crippen molar-refractivity contribution in [1.82, 2.24) is 4.90 Å². The van der Waals surface area contributed by atoms with Crippen LogP contribution in [0.1, 0.15) is 40.0 Å². The largest absolute Gasteiger partial charge is 0.288 e. The topological polar surface area (TPSA) is 27.0 Å². The van der Waals surface area contributed by atoms with Gasteiger partial charge in [-0.25, -0.2) is 0 Å². The summed E-state index contributed by atoms with van der Waals surface area (Å²) in [6.45, 7) is 8.51. The summed E-state index contributed by atoms with van der Waals surface area (Å²) in [6.07, 6.45) is 3.22. The molecule has 0 aromatic heterocycles. The zero-order chi connectivity index (χ0) is 9.40. The van der Waals surface area contributed by atoms with Crippen molar-refractivity contribution in [2.24, 2.45) is 0 Å². The van der Waals surface area contributed by atoms with E-state index in [1.54, 1.807) is 0 Å². The molecule has 0 saturated carbocycles. The van der Waals surface area contributed by atoms with Gasteiger partial charge in [-0.05, 0) is 32.4 Å². The highest BCUT2D eigenvalue weighted by atomic mass is 15.1. The van der Waals surface area contributed by atoms with Crippen molar-refractivity contribution in [1.29, 1.82) is 5.26 Å². The van der Waals surface area contributed by atoms with Crippen LogP contribution in [0.25, 0.3) is 0 Å². The first kappa shape index (κ1) is 11.4. The van der Waals surface area contributed by atoms with Crippen molar-refractivity contribution in [3.8, 4) is 6.07 Å². The summed E-state index contributed by atoms with van der Waals surface area (Å²) < 4.78 is 0. The van der Waals surface area contributed by atoms with Crippen LogP contribution in [0, 0.1) is 11.3 Å². The third-order valence-corrected chi connectivity index (χ3v) is 2.00. The Bertz CT molecular complexity index is 131. The van der Waals surface area contributed by atoms with Crippen LogP contribution in [0.5, 0.6) is 0 Å². The van der Waals surface area contributed by atoms with Crippen LogP contribution in [0.15, 0.2) is 0 Å². The van der Waals surface area contributed by atoms with Gasteiger partial charge in [-0.1, -0.05) is 20.8 Å². The Balaban J connectivity index is 3.97. The van der Waals surface area contributed by atoms with E-state index in [4.69, 9.17) is 5.26 Å². The molecule has 0 N–H and O–H groups in total. The summed E-state index contributed by atoms with van der Waals surface area (Å²) in [4.78, 5) is 2.28. The molecule has 70 valence electrons. The number of nitriles is 1. The molecular weight excluding hydrogens is 148 g/mol. The summed E-state index contributed by atoms with van der Waals surface area (Å²) in [5.74, 6) is 0. The van der Waals surface area contributed by atoms with Gasteiger partial charge in [-0.2, -0.15) is 5.26 Å². The highest BCUT2D eigenvalue weighted by molar-refractivity contribution is 4.90. The maximum absolute atomic E-state index is 8.86. The second-order valence-corrected chi connectivity index (χ2v) is 3.09. The fourth-order valence-electron chi connectivity index (χ4n) is 1.43. The summed E-state index contributed by atoms with van der Waals surface area (Å²) >= 11 is 0. The van der Waals surface area contributed by atoms with E-state index in [9.17, 15) is 0 Å². The Kier molecular flexibility index (Phi) is 6.79. The summed E-state index contributed by atoms with van der Waals surface area (Å²) in [5, 5.41) is 8.86. The minimum absolute atomic E-state index is 0.130. The highest BCUT2D eigenvalue weighted by Crippen LogP contribution is 2.04. The van der Waals surface area contributed by atoms with Gasteiger partial charge in [-0.15, -0.1) is 0 Å². The number of hydrogen-bond donors (Lipinski definition) is 0. The minimum atomic E-state index is 0.130. The molecule has 0 aromatic rings. The van der Waals surface area contributed by atoms with Crippen LogP contribution in [0.4, 0.5) is 0 Å². The van der Waals surface area contributed by atoms with Gasteiger partial charge in [0.05, 0.1) is 12.1 Å². The molecule has 0 aliphatic rings. The Hall–Kier alpha value is -0.550. The van der Waals surface area contributed by atoms with E-state index < -0.39 is 0 Å². The fourth-order valence-corrected chi connectivity index (χ4v) is 1.43. The van der Waals surface area contributed by atoms with Crippen LogP contribution in [0.3, 0.4) is 0 Å². The average Bonchev–Trinajstić information content (AvgIpc) is 2.07. The van der Waals surface area contributed by atoms with E-state index in [1.807, 2.05) is 0 Å². The average molecular weight is 168 g/mol. The van der Waals surface area contributed by atoms with Gasteiger partial charge in [0.25, 0.3) is 0 Å². The van der Waals surface area contributed by atoms with E-state index >= 15 is 0 Å². The number of rotatable bonds is 6. The predicted molar refractivity (Wildman–Crippen MR) is 51.8 cm³/mol. The molecule has 0 rings (SSSR count). The van der Waals surface area contributed by atoms with Gasteiger partial charge in [-0.3, -0.25) is 4.90 Å².